The first kappa shape index (κ1) is 18.8. The Bertz CT molecular complexity index is 836. The molecule has 0 aliphatic heterocycles. The van der Waals surface area contributed by atoms with Crippen molar-refractivity contribution in [2.45, 2.75) is 18.9 Å². The zero-order valence-corrected chi connectivity index (χ0v) is 15.8. The first-order valence-electron chi connectivity index (χ1n) is 7.90. The van der Waals surface area contributed by atoms with Gasteiger partial charge in [0.05, 0.1) is 15.1 Å². The normalized spacial score (nSPS) is 13.2. The van der Waals surface area contributed by atoms with Crippen LogP contribution in [0.3, 0.4) is 0 Å². The Balaban J connectivity index is 1.53. The first-order chi connectivity index (χ1) is 12.4. The second-order valence-electron chi connectivity index (χ2n) is 5.86. The van der Waals surface area contributed by atoms with E-state index in [-0.39, 0.29) is 34.2 Å². The molecule has 8 heteroatoms. The van der Waals surface area contributed by atoms with Gasteiger partial charge in [0.1, 0.15) is 5.75 Å². The van der Waals surface area contributed by atoms with Crippen molar-refractivity contribution >= 4 is 52.3 Å². The minimum Gasteiger partial charge on any atom is -0.482 e. The highest BCUT2D eigenvalue weighted by Gasteiger charge is 2.23. The van der Waals surface area contributed by atoms with Crippen LogP contribution < -0.4 is 15.4 Å². The van der Waals surface area contributed by atoms with E-state index in [9.17, 15) is 9.59 Å². The highest BCUT2D eigenvalue weighted by atomic mass is 35.5. The summed E-state index contributed by atoms with van der Waals surface area (Å²) in [4.78, 5) is 23.9. The Kier molecular flexibility index (Phi) is 5.91. The van der Waals surface area contributed by atoms with Crippen LogP contribution >= 0.6 is 34.8 Å². The van der Waals surface area contributed by atoms with Crippen LogP contribution in [0.2, 0.25) is 15.1 Å². The Hall–Kier alpha value is -1.95. The molecule has 1 aliphatic rings. The van der Waals surface area contributed by atoms with E-state index in [1.807, 2.05) is 0 Å². The minimum atomic E-state index is -0.373. The minimum absolute atomic E-state index is 0.108. The molecule has 1 aliphatic carbocycles. The maximum atomic E-state index is 12.0. The molecule has 2 aromatic rings. The number of anilines is 1. The highest BCUT2D eigenvalue weighted by Crippen LogP contribution is 2.33. The largest absolute Gasteiger partial charge is 0.482 e. The van der Waals surface area contributed by atoms with Crippen LogP contribution in [-0.4, -0.2) is 24.5 Å². The lowest BCUT2D eigenvalue weighted by molar-refractivity contribution is -0.118. The fourth-order valence-corrected chi connectivity index (χ4v) is 2.75. The fraction of sp³-hybridized carbons (Fsp3) is 0.222. The SMILES string of the molecule is O=C(COc1cc(Cl)c(Cl)cc1Cl)Nc1ccc(C(=O)NC2CC2)cc1. The predicted molar refractivity (Wildman–Crippen MR) is 103 cm³/mol. The number of hydrogen-bond acceptors (Lipinski definition) is 3. The maximum absolute atomic E-state index is 12.0. The number of ether oxygens (including phenoxy) is 1. The molecule has 2 N–H and O–H groups in total. The van der Waals surface area contributed by atoms with E-state index in [0.717, 1.165) is 12.8 Å². The average molecular weight is 414 g/mol. The Morgan fingerprint density at radius 2 is 1.65 bits per heavy atom. The summed E-state index contributed by atoms with van der Waals surface area (Å²) < 4.78 is 5.37. The van der Waals surface area contributed by atoms with Crippen LogP contribution in [0.4, 0.5) is 5.69 Å². The molecule has 26 heavy (non-hydrogen) atoms. The van der Waals surface area contributed by atoms with Gasteiger partial charge in [0.25, 0.3) is 11.8 Å². The van der Waals surface area contributed by atoms with Crippen LogP contribution in [0.15, 0.2) is 36.4 Å². The van der Waals surface area contributed by atoms with Gasteiger partial charge < -0.3 is 15.4 Å². The number of carbonyl (C=O) groups is 2. The number of nitrogens with one attached hydrogen (secondary N) is 2. The summed E-state index contributed by atoms with van der Waals surface area (Å²) in [5.41, 5.74) is 1.11. The second-order valence-corrected chi connectivity index (χ2v) is 7.08. The second kappa shape index (κ2) is 8.16. The lowest BCUT2D eigenvalue weighted by atomic mass is 10.2. The summed E-state index contributed by atoms with van der Waals surface area (Å²) in [5, 5.41) is 6.43. The fourth-order valence-electron chi connectivity index (χ4n) is 2.16. The summed E-state index contributed by atoms with van der Waals surface area (Å²) in [6.45, 7) is -0.248. The van der Waals surface area contributed by atoms with Crippen molar-refractivity contribution in [3.8, 4) is 5.75 Å². The standard InChI is InChI=1S/C18H15Cl3N2O3/c19-13-7-15(21)16(8-14(13)20)26-9-17(24)22-11-3-1-10(2-4-11)18(25)23-12-5-6-12/h1-4,7-8,12H,5-6,9H2,(H,22,24)(H,23,25). The summed E-state index contributed by atoms with van der Waals surface area (Å²) in [6.07, 6.45) is 2.06. The molecule has 0 bridgehead atoms. The summed E-state index contributed by atoms with van der Waals surface area (Å²) in [5.74, 6) is -0.214. The van der Waals surface area contributed by atoms with Crippen LogP contribution in [0, 0.1) is 0 Å². The van der Waals surface area contributed by atoms with Crippen LogP contribution in [0.25, 0.3) is 0 Å². The third kappa shape index (κ3) is 5.04. The Morgan fingerprint density at radius 3 is 2.31 bits per heavy atom. The highest BCUT2D eigenvalue weighted by molar-refractivity contribution is 6.43. The molecule has 0 spiro atoms. The van der Waals surface area contributed by atoms with E-state index < -0.39 is 0 Å². The van der Waals surface area contributed by atoms with Crippen molar-refractivity contribution in [3.05, 3.63) is 57.0 Å². The lowest BCUT2D eigenvalue weighted by Crippen LogP contribution is -2.25. The number of amides is 2. The molecule has 2 amide bonds. The van der Waals surface area contributed by atoms with E-state index >= 15 is 0 Å². The third-order valence-corrected chi connectivity index (χ3v) is 4.69. The molecule has 2 aromatic carbocycles. The molecular formula is C18H15Cl3N2O3. The molecule has 1 fully saturated rings. The molecule has 0 saturated heterocycles. The molecule has 0 heterocycles. The van der Waals surface area contributed by atoms with E-state index in [4.69, 9.17) is 39.5 Å². The van der Waals surface area contributed by atoms with Gasteiger partial charge in [-0.05, 0) is 43.2 Å². The molecule has 3 rings (SSSR count). The van der Waals surface area contributed by atoms with Gasteiger partial charge in [0, 0.05) is 23.4 Å². The van der Waals surface area contributed by atoms with E-state index in [1.54, 1.807) is 24.3 Å². The molecular weight excluding hydrogens is 399 g/mol. The third-order valence-electron chi connectivity index (χ3n) is 3.68. The number of carbonyl (C=O) groups excluding carboxylic acids is 2. The average Bonchev–Trinajstić information content (AvgIpc) is 3.41. The summed E-state index contributed by atoms with van der Waals surface area (Å²) in [7, 11) is 0. The lowest BCUT2D eigenvalue weighted by Gasteiger charge is -2.10. The molecule has 0 unspecified atom stereocenters. The topological polar surface area (TPSA) is 67.4 Å². The molecule has 136 valence electrons. The van der Waals surface area contributed by atoms with Crippen molar-refractivity contribution in [2.24, 2.45) is 0 Å². The Labute approximate surface area is 165 Å². The van der Waals surface area contributed by atoms with E-state index in [0.29, 0.717) is 22.3 Å². The van der Waals surface area contributed by atoms with Gasteiger partial charge in [-0.25, -0.2) is 0 Å². The first-order valence-corrected chi connectivity index (χ1v) is 9.04. The van der Waals surface area contributed by atoms with Crippen LogP contribution in [-0.2, 0) is 4.79 Å². The molecule has 0 radical (unpaired) electrons. The van der Waals surface area contributed by atoms with Gasteiger partial charge in [-0.1, -0.05) is 34.8 Å². The van der Waals surface area contributed by atoms with Crippen LogP contribution in [0.1, 0.15) is 23.2 Å². The van der Waals surface area contributed by atoms with Gasteiger partial charge in [-0.3, -0.25) is 9.59 Å². The predicted octanol–water partition coefficient (Wildman–Crippen LogP) is 4.56. The Morgan fingerprint density at radius 1 is 1.00 bits per heavy atom. The van der Waals surface area contributed by atoms with Crippen molar-refractivity contribution in [1.29, 1.82) is 0 Å². The van der Waals surface area contributed by atoms with Crippen molar-refractivity contribution < 1.29 is 14.3 Å². The van der Waals surface area contributed by atoms with Crippen molar-refractivity contribution in [1.82, 2.24) is 5.32 Å². The zero-order chi connectivity index (χ0) is 18.7. The van der Waals surface area contributed by atoms with Crippen molar-refractivity contribution in [3.63, 3.8) is 0 Å². The molecule has 0 atom stereocenters. The maximum Gasteiger partial charge on any atom is 0.262 e. The summed E-state index contributed by atoms with van der Waals surface area (Å²) in [6, 6.07) is 9.83. The quantitative estimate of drug-likeness (QED) is 0.682. The number of halogens is 3. The molecule has 1 saturated carbocycles. The van der Waals surface area contributed by atoms with Gasteiger partial charge in [0.2, 0.25) is 0 Å². The molecule has 0 aromatic heterocycles. The smallest absolute Gasteiger partial charge is 0.262 e. The zero-order valence-electron chi connectivity index (χ0n) is 13.5. The van der Waals surface area contributed by atoms with Gasteiger partial charge in [0.15, 0.2) is 6.61 Å². The number of hydrogen-bond donors (Lipinski definition) is 2. The monoisotopic (exact) mass is 412 g/mol. The number of benzene rings is 2. The molecule has 5 nitrogen and oxygen atoms in total. The summed E-state index contributed by atoms with van der Waals surface area (Å²) >= 11 is 17.7. The van der Waals surface area contributed by atoms with Gasteiger partial charge >= 0.3 is 0 Å². The van der Waals surface area contributed by atoms with Crippen molar-refractivity contribution in [2.75, 3.05) is 11.9 Å². The van der Waals surface area contributed by atoms with E-state index in [1.165, 1.54) is 12.1 Å². The van der Waals surface area contributed by atoms with Gasteiger partial charge in [-0.2, -0.15) is 0 Å². The van der Waals surface area contributed by atoms with Crippen LogP contribution in [0.5, 0.6) is 5.75 Å². The van der Waals surface area contributed by atoms with E-state index in [2.05, 4.69) is 10.6 Å². The number of rotatable bonds is 6. The van der Waals surface area contributed by atoms with Gasteiger partial charge in [-0.15, -0.1) is 0 Å².